The molecule has 3 rings (SSSR count). The number of carbonyl (C=O) groups is 1. The van der Waals surface area contributed by atoms with Gasteiger partial charge in [-0.1, -0.05) is 12.1 Å². The van der Waals surface area contributed by atoms with Gasteiger partial charge in [-0.05, 0) is 24.6 Å². The highest BCUT2D eigenvalue weighted by molar-refractivity contribution is 5.74. The lowest BCUT2D eigenvalue weighted by Gasteiger charge is -2.37. The van der Waals surface area contributed by atoms with Crippen molar-refractivity contribution in [2.45, 2.75) is 38.2 Å². The Hall–Kier alpha value is -1.93. The molecule has 138 valence electrons. The van der Waals surface area contributed by atoms with E-state index in [2.05, 4.69) is 10.1 Å². The summed E-state index contributed by atoms with van der Waals surface area (Å²) >= 11 is 0. The van der Waals surface area contributed by atoms with Crippen molar-refractivity contribution >= 4 is 6.03 Å². The van der Waals surface area contributed by atoms with Crippen molar-refractivity contribution in [1.29, 1.82) is 0 Å². The van der Waals surface area contributed by atoms with Gasteiger partial charge in [0.2, 0.25) is 0 Å². The van der Waals surface area contributed by atoms with E-state index in [4.69, 9.17) is 9.47 Å². The quantitative estimate of drug-likeness (QED) is 0.901. The number of carbonyl (C=O) groups excluding carboxylic acids is 1. The first kappa shape index (κ1) is 17.9. The highest BCUT2D eigenvalue weighted by atomic mass is 19.3. The summed E-state index contributed by atoms with van der Waals surface area (Å²) in [4.78, 5) is 14.1. The van der Waals surface area contributed by atoms with E-state index in [0.29, 0.717) is 39.1 Å². The molecule has 1 aromatic rings. The standard InChI is InChI=1S/C17H22F2N2O4/c1-12(13-2-4-14(5-3-13)25-15(18)19)20-16(22)21-8-6-17(7-9-21)23-10-11-24-17/h2-5,12,15H,6-11H2,1H3,(H,20,22). The molecule has 8 heteroatoms. The number of likely N-dealkylation sites (tertiary alicyclic amines) is 1. The highest BCUT2D eigenvalue weighted by Gasteiger charge is 2.40. The number of piperidine rings is 1. The van der Waals surface area contributed by atoms with Crippen molar-refractivity contribution in [3.05, 3.63) is 29.8 Å². The maximum Gasteiger partial charge on any atom is 0.387 e. The molecule has 0 radical (unpaired) electrons. The Bertz CT molecular complexity index is 581. The number of ether oxygens (including phenoxy) is 3. The summed E-state index contributed by atoms with van der Waals surface area (Å²) in [5.74, 6) is -0.418. The van der Waals surface area contributed by atoms with E-state index >= 15 is 0 Å². The molecule has 2 heterocycles. The highest BCUT2D eigenvalue weighted by Crippen LogP contribution is 2.31. The second kappa shape index (κ2) is 7.53. The van der Waals surface area contributed by atoms with Crippen LogP contribution in [0.5, 0.6) is 5.75 Å². The van der Waals surface area contributed by atoms with Gasteiger partial charge in [0.1, 0.15) is 5.75 Å². The molecule has 1 aromatic carbocycles. The molecule has 1 spiro atoms. The molecule has 0 aliphatic carbocycles. The van der Waals surface area contributed by atoms with Crippen molar-refractivity contribution in [3.63, 3.8) is 0 Å². The predicted molar refractivity (Wildman–Crippen MR) is 85.5 cm³/mol. The van der Waals surface area contributed by atoms with Crippen LogP contribution in [0.1, 0.15) is 31.4 Å². The molecule has 0 aromatic heterocycles. The molecule has 2 aliphatic rings. The summed E-state index contributed by atoms with van der Waals surface area (Å²) in [6, 6.07) is 5.84. The van der Waals surface area contributed by atoms with E-state index in [1.165, 1.54) is 12.1 Å². The van der Waals surface area contributed by atoms with Gasteiger partial charge < -0.3 is 24.4 Å². The van der Waals surface area contributed by atoms with Crippen molar-refractivity contribution in [2.24, 2.45) is 0 Å². The van der Waals surface area contributed by atoms with Gasteiger partial charge in [-0.25, -0.2) is 4.79 Å². The number of benzene rings is 1. The largest absolute Gasteiger partial charge is 0.435 e. The summed E-state index contributed by atoms with van der Waals surface area (Å²) in [6.07, 6.45) is 1.32. The Kier molecular flexibility index (Phi) is 5.39. The molecule has 1 N–H and O–H groups in total. The fourth-order valence-electron chi connectivity index (χ4n) is 3.13. The number of rotatable bonds is 4. The molecule has 1 atom stereocenters. The van der Waals surface area contributed by atoms with Gasteiger partial charge in [-0.2, -0.15) is 8.78 Å². The molecule has 2 aliphatic heterocycles. The molecule has 2 saturated heterocycles. The van der Waals surface area contributed by atoms with Crippen LogP contribution >= 0.6 is 0 Å². The summed E-state index contributed by atoms with van der Waals surface area (Å²) < 4.78 is 40.0. The fourth-order valence-corrected chi connectivity index (χ4v) is 3.13. The second-order valence-corrected chi connectivity index (χ2v) is 6.21. The fraction of sp³-hybridized carbons (Fsp3) is 0.588. The van der Waals surface area contributed by atoms with Crippen LogP contribution in [0.4, 0.5) is 13.6 Å². The topological polar surface area (TPSA) is 60.0 Å². The van der Waals surface area contributed by atoms with Crippen molar-refractivity contribution < 1.29 is 27.8 Å². The van der Waals surface area contributed by atoms with E-state index < -0.39 is 12.4 Å². The molecular formula is C17H22F2N2O4. The first-order valence-electron chi connectivity index (χ1n) is 8.36. The Balaban J connectivity index is 1.50. The molecule has 2 amide bonds. The summed E-state index contributed by atoms with van der Waals surface area (Å²) in [5, 5.41) is 2.92. The van der Waals surface area contributed by atoms with Crippen molar-refractivity contribution in [3.8, 4) is 5.75 Å². The number of halogens is 2. The van der Waals surface area contributed by atoms with E-state index in [0.717, 1.165) is 5.56 Å². The van der Waals surface area contributed by atoms with E-state index in [-0.39, 0.29) is 17.8 Å². The number of hydrogen-bond acceptors (Lipinski definition) is 4. The molecule has 1 unspecified atom stereocenters. The molecule has 0 saturated carbocycles. The zero-order valence-corrected chi connectivity index (χ0v) is 14.0. The van der Waals surface area contributed by atoms with Crippen LogP contribution in [0.15, 0.2) is 24.3 Å². The monoisotopic (exact) mass is 356 g/mol. The van der Waals surface area contributed by atoms with E-state index in [9.17, 15) is 13.6 Å². The summed E-state index contributed by atoms with van der Waals surface area (Å²) in [5.41, 5.74) is 0.811. The minimum absolute atomic E-state index is 0.0927. The van der Waals surface area contributed by atoms with Gasteiger partial charge in [0.25, 0.3) is 0 Å². The number of hydrogen-bond donors (Lipinski definition) is 1. The Morgan fingerprint density at radius 3 is 2.36 bits per heavy atom. The lowest BCUT2D eigenvalue weighted by Crippen LogP contribution is -2.50. The van der Waals surface area contributed by atoms with Crippen LogP contribution in [0, 0.1) is 0 Å². The zero-order valence-electron chi connectivity index (χ0n) is 14.0. The lowest BCUT2D eigenvalue weighted by molar-refractivity contribution is -0.181. The average Bonchev–Trinajstić information content (AvgIpc) is 3.03. The van der Waals surface area contributed by atoms with Gasteiger partial charge in [0.05, 0.1) is 19.3 Å². The molecule has 6 nitrogen and oxygen atoms in total. The summed E-state index contributed by atoms with van der Waals surface area (Å²) in [7, 11) is 0. The maximum atomic E-state index is 12.4. The van der Waals surface area contributed by atoms with Crippen LogP contribution < -0.4 is 10.1 Å². The van der Waals surface area contributed by atoms with Crippen molar-refractivity contribution in [2.75, 3.05) is 26.3 Å². The first-order valence-corrected chi connectivity index (χ1v) is 8.36. The number of amides is 2. The Morgan fingerprint density at radius 1 is 1.20 bits per heavy atom. The van der Waals surface area contributed by atoms with Gasteiger partial charge in [0, 0.05) is 25.9 Å². The number of nitrogens with one attached hydrogen (secondary N) is 1. The smallest absolute Gasteiger partial charge is 0.387 e. The minimum Gasteiger partial charge on any atom is -0.435 e. The molecule has 25 heavy (non-hydrogen) atoms. The first-order chi connectivity index (χ1) is 12.0. The van der Waals surface area contributed by atoms with E-state index in [1.807, 2.05) is 6.92 Å². The van der Waals surface area contributed by atoms with Crippen LogP contribution in [-0.2, 0) is 9.47 Å². The van der Waals surface area contributed by atoms with Crippen LogP contribution in [0.25, 0.3) is 0 Å². The van der Waals surface area contributed by atoms with Crippen LogP contribution in [0.3, 0.4) is 0 Å². The van der Waals surface area contributed by atoms with E-state index in [1.54, 1.807) is 17.0 Å². The van der Waals surface area contributed by atoms with Gasteiger partial charge in [0.15, 0.2) is 5.79 Å². The number of alkyl halides is 2. The maximum absolute atomic E-state index is 12.4. The Labute approximate surface area is 145 Å². The number of urea groups is 1. The summed E-state index contributed by atoms with van der Waals surface area (Å²) in [6.45, 7) is 1.34. The normalized spacial score (nSPS) is 20.7. The molecule has 0 bridgehead atoms. The van der Waals surface area contributed by atoms with Gasteiger partial charge >= 0.3 is 12.6 Å². The predicted octanol–water partition coefficient (Wildman–Crippen LogP) is 2.90. The average molecular weight is 356 g/mol. The third kappa shape index (κ3) is 4.38. The number of nitrogens with zero attached hydrogens (tertiary/aromatic N) is 1. The van der Waals surface area contributed by atoms with Gasteiger partial charge in [-0.3, -0.25) is 0 Å². The van der Waals surface area contributed by atoms with Gasteiger partial charge in [-0.15, -0.1) is 0 Å². The second-order valence-electron chi connectivity index (χ2n) is 6.21. The molecular weight excluding hydrogens is 334 g/mol. The van der Waals surface area contributed by atoms with Crippen LogP contribution in [0.2, 0.25) is 0 Å². The Morgan fingerprint density at radius 2 is 1.80 bits per heavy atom. The third-order valence-corrected chi connectivity index (χ3v) is 4.57. The lowest BCUT2D eigenvalue weighted by atomic mass is 10.0. The minimum atomic E-state index is -2.85. The van der Waals surface area contributed by atoms with Crippen molar-refractivity contribution in [1.82, 2.24) is 10.2 Å². The zero-order chi connectivity index (χ0) is 17.9. The third-order valence-electron chi connectivity index (χ3n) is 4.57. The SMILES string of the molecule is CC(NC(=O)N1CCC2(CC1)OCCO2)c1ccc(OC(F)F)cc1. The molecule has 2 fully saturated rings. The van der Waals surface area contributed by atoms with Crippen LogP contribution in [-0.4, -0.2) is 49.6 Å².